The smallest absolute Gasteiger partial charge is 0.170 e. The molecule has 0 bridgehead atoms. The van der Waals surface area contributed by atoms with Gasteiger partial charge in [-0.25, -0.2) is 0 Å². The van der Waals surface area contributed by atoms with E-state index in [0.717, 1.165) is 67.0 Å². The Bertz CT molecular complexity index is 859. The van der Waals surface area contributed by atoms with Crippen molar-refractivity contribution in [3.63, 3.8) is 0 Å². The summed E-state index contributed by atoms with van der Waals surface area (Å²) in [5.74, 6) is 1.82. The summed E-state index contributed by atoms with van der Waals surface area (Å²) in [4.78, 5) is 19.3. The molecule has 0 radical (unpaired) electrons. The van der Waals surface area contributed by atoms with E-state index in [0.29, 0.717) is 13.2 Å². The van der Waals surface area contributed by atoms with Crippen LogP contribution in [0.25, 0.3) is 0 Å². The van der Waals surface area contributed by atoms with Gasteiger partial charge in [-0.2, -0.15) is 0 Å². The monoisotopic (exact) mass is 364 g/mol. The summed E-state index contributed by atoms with van der Waals surface area (Å²) in [5, 5.41) is 0. The molecule has 1 aromatic heterocycles. The fourth-order valence-electron chi connectivity index (χ4n) is 4.63. The molecule has 0 N–H and O–H groups in total. The Labute approximate surface area is 159 Å². The number of rotatable bonds is 2. The van der Waals surface area contributed by atoms with E-state index < -0.39 is 0 Å². The second-order valence-electron chi connectivity index (χ2n) is 7.99. The SMILES string of the molecule is O=C1CC2(CCCCC2)Oc2c1ccc1c2CN(Cc2cccnc2)CO1. The number of carbonyl (C=O) groups excluding carboxylic acids is 1. The third-order valence-corrected chi connectivity index (χ3v) is 6.00. The average Bonchev–Trinajstić information content (AvgIpc) is 2.69. The molecule has 0 saturated heterocycles. The minimum Gasteiger partial charge on any atom is -0.486 e. The lowest BCUT2D eigenvalue weighted by molar-refractivity contribution is 0.00934. The van der Waals surface area contributed by atoms with Gasteiger partial charge in [0.2, 0.25) is 0 Å². The Balaban J connectivity index is 1.46. The van der Waals surface area contributed by atoms with Gasteiger partial charge in [-0.05, 0) is 49.4 Å². The molecule has 1 spiro atoms. The van der Waals surface area contributed by atoms with Crippen molar-refractivity contribution in [2.45, 2.75) is 57.2 Å². The van der Waals surface area contributed by atoms with Gasteiger partial charge < -0.3 is 9.47 Å². The van der Waals surface area contributed by atoms with Crippen LogP contribution in [0.3, 0.4) is 0 Å². The van der Waals surface area contributed by atoms with Crippen LogP contribution < -0.4 is 9.47 Å². The van der Waals surface area contributed by atoms with E-state index in [1.807, 2.05) is 24.4 Å². The number of nitrogens with zero attached hydrogens (tertiary/aromatic N) is 2. The standard InChI is InChI=1S/C22H24N2O3/c25-19-11-22(8-2-1-3-9-22)27-21-17(19)6-7-20-18(21)14-24(15-26-20)13-16-5-4-10-23-12-16/h4-7,10,12H,1-3,8-9,11,13-15H2. The molecule has 3 heterocycles. The molecule has 3 aliphatic rings. The summed E-state index contributed by atoms with van der Waals surface area (Å²) in [6.07, 6.45) is 9.64. The minimum atomic E-state index is -0.302. The highest BCUT2D eigenvalue weighted by atomic mass is 16.5. The molecule has 140 valence electrons. The molecule has 1 aromatic carbocycles. The number of ketones is 1. The van der Waals surface area contributed by atoms with Gasteiger partial charge in [0.1, 0.15) is 23.8 Å². The third kappa shape index (κ3) is 3.10. The molecule has 5 heteroatoms. The van der Waals surface area contributed by atoms with E-state index in [1.54, 1.807) is 6.20 Å². The number of carbonyl (C=O) groups is 1. The van der Waals surface area contributed by atoms with Gasteiger partial charge in [-0.1, -0.05) is 12.5 Å². The van der Waals surface area contributed by atoms with Crippen LogP contribution in [0, 0.1) is 0 Å². The van der Waals surface area contributed by atoms with E-state index in [1.165, 1.54) is 6.42 Å². The summed E-state index contributed by atoms with van der Waals surface area (Å²) in [6, 6.07) is 7.82. The zero-order valence-corrected chi connectivity index (χ0v) is 15.4. The fourth-order valence-corrected chi connectivity index (χ4v) is 4.63. The zero-order valence-electron chi connectivity index (χ0n) is 15.4. The summed E-state index contributed by atoms with van der Waals surface area (Å²) in [5.41, 5.74) is 2.58. The minimum absolute atomic E-state index is 0.213. The first kappa shape index (κ1) is 16.8. The van der Waals surface area contributed by atoms with E-state index in [-0.39, 0.29) is 11.4 Å². The normalized spacial score (nSPS) is 21.1. The molecule has 27 heavy (non-hydrogen) atoms. The van der Waals surface area contributed by atoms with Gasteiger partial charge in [0.15, 0.2) is 5.78 Å². The number of pyridine rings is 1. The molecule has 2 aliphatic heterocycles. The molecular weight excluding hydrogens is 340 g/mol. The van der Waals surface area contributed by atoms with Gasteiger partial charge >= 0.3 is 0 Å². The molecule has 2 aromatic rings. The number of benzene rings is 1. The maximum atomic E-state index is 12.9. The summed E-state index contributed by atoms with van der Waals surface area (Å²) in [6.45, 7) is 2.01. The topological polar surface area (TPSA) is 51.7 Å². The fraction of sp³-hybridized carbons (Fsp3) is 0.455. The van der Waals surface area contributed by atoms with Crippen LogP contribution in [0.15, 0.2) is 36.7 Å². The Morgan fingerprint density at radius 1 is 1.15 bits per heavy atom. The number of Topliss-reactive ketones (excluding diaryl/α,β-unsaturated/α-hetero) is 1. The van der Waals surface area contributed by atoms with Gasteiger partial charge in [0.25, 0.3) is 0 Å². The Morgan fingerprint density at radius 3 is 2.85 bits per heavy atom. The number of aromatic nitrogens is 1. The Morgan fingerprint density at radius 2 is 2.04 bits per heavy atom. The summed E-state index contributed by atoms with van der Waals surface area (Å²) in [7, 11) is 0. The zero-order chi connectivity index (χ0) is 18.3. The predicted molar refractivity (Wildman–Crippen MR) is 101 cm³/mol. The van der Waals surface area contributed by atoms with Crippen LogP contribution in [-0.2, 0) is 13.1 Å². The second-order valence-corrected chi connectivity index (χ2v) is 7.99. The molecule has 1 aliphatic carbocycles. The molecule has 1 fully saturated rings. The Hall–Kier alpha value is -2.40. The Kier molecular flexibility index (Phi) is 4.12. The molecule has 0 unspecified atom stereocenters. The molecule has 0 atom stereocenters. The third-order valence-electron chi connectivity index (χ3n) is 6.00. The number of fused-ring (bicyclic) bond motifs is 3. The van der Waals surface area contributed by atoms with Crippen LogP contribution in [0.1, 0.15) is 60.0 Å². The van der Waals surface area contributed by atoms with Gasteiger partial charge in [0, 0.05) is 25.5 Å². The van der Waals surface area contributed by atoms with Crippen molar-refractivity contribution in [1.82, 2.24) is 9.88 Å². The molecule has 5 nitrogen and oxygen atoms in total. The van der Waals surface area contributed by atoms with Crippen molar-refractivity contribution in [3.05, 3.63) is 53.3 Å². The van der Waals surface area contributed by atoms with Crippen molar-refractivity contribution >= 4 is 5.78 Å². The average molecular weight is 364 g/mol. The van der Waals surface area contributed by atoms with E-state index in [9.17, 15) is 4.79 Å². The summed E-state index contributed by atoms with van der Waals surface area (Å²) < 4.78 is 12.6. The van der Waals surface area contributed by atoms with E-state index >= 15 is 0 Å². The first-order valence-corrected chi connectivity index (χ1v) is 9.85. The van der Waals surface area contributed by atoms with Crippen molar-refractivity contribution in [2.24, 2.45) is 0 Å². The van der Waals surface area contributed by atoms with Crippen molar-refractivity contribution in [3.8, 4) is 11.5 Å². The van der Waals surface area contributed by atoms with Crippen LogP contribution in [0.5, 0.6) is 11.5 Å². The van der Waals surface area contributed by atoms with Gasteiger partial charge in [-0.3, -0.25) is 14.7 Å². The van der Waals surface area contributed by atoms with Crippen molar-refractivity contribution in [1.29, 1.82) is 0 Å². The van der Waals surface area contributed by atoms with E-state index in [4.69, 9.17) is 9.47 Å². The van der Waals surface area contributed by atoms with E-state index in [2.05, 4.69) is 16.0 Å². The maximum absolute atomic E-state index is 12.9. The lowest BCUT2D eigenvalue weighted by Gasteiger charge is -2.42. The van der Waals surface area contributed by atoms with Crippen LogP contribution >= 0.6 is 0 Å². The second kappa shape index (κ2) is 6.64. The lowest BCUT2D eigenvalue weighted by atomic mass is 9.78. The largest absolute Gasteiger partial charge is 0.486 e. The predicted octanol–water partition coefficient (Wildman–Crippen LogP) is 4.10. The van der Waals surface area contributed by atoms with Gasteiger partial charge in [0.05, 0.1) is 17.5 Å². The summed E-state index contributed by atoms with van der Waals surface area (Å²) >= 11 is 0. The number of hydrogen-bond donors (Lipinski definition) is 0. The number of hydrogen-bond acceptors (Lipinski definition) is 5. The van der Waals surface area contributed by atoms with Crippen LogP contribution in [0.2, 0.25) is 0 Å². The highest BCUT2D eigenvalue weighted by Crippen LogP contribution is 2.46. The van der Waals surface area contributed by atoms with Crippen LogP contribution in [-0.4, -0.2) is 28.0 Å². The highest BCUT2D eigenvalue weighted by Gasteiger charge is 2.43. The highest BCUT2D eigenvalue weighted by molar-refractivity contribution is 6.01. The first-order valence-electron chi connectivity index (χ1n) is 9.85. The maximum Gasteiger partial charge on any atom is 0.170 e. The van der Waals surface area contributed by atoms with Crippen molar-refractivity contribution < 1.29 is 14.3 Å². The quantitative estimate of drug-likeness (QED) is 0.803. The van der Waals surface area contributed by atoms with Crippen LogP contribution in [0.4, 0.5) is 0 Å². The molecule has 5 rings (SSSR count). The molecule has 1 saturated carbocycles. The number of ether oxygens (including phenoxy) is 2. The molecular formula is C22H24N2O3. The molecule has 0 amide bonds. The lowest BCUT2D eigenvalue weighted by Crippen LogP contribution is -2.44. The van der Waals surface area contributed by atoms with Crippen molar-refractivity contribution in [2.75, 3.05) is 6.73 Å². The first-order chi connectivity index (χ1) is 13.2. The van der Waals surface area contributed by atoms with Gasteiger partial charge in [-0.15, -0.1) is 0 Å².